The number of nitrogens with two attached hydrogens (primary N) is 1. The van der Waals surface area contributed by atoms with Gasteiger partial charge in [-0.1, -0.05) is 12.1 Å². The van der Waals surface area contributed by atoms with Crippen LogP contribution in [0.25, 0.3) is 5.69 Å². The second kappa shape index (κ2) is 6.75. The number of primary amides is 1. The van der Waals surface area contributed by atoms with Gasteiger partial charge in [0.2, 0.25) is 5.91 Å². The minimum atomic E-state index is -0.173. The molecule has 5 heteroatoms. The molecule has 1 aromatic carbocycles. The van der Waals surface area contributed by atoms with Gasteiger partial charge in [0.05, 0.1) is 5.69 Å². The van der Waals surface area contributed by atoms with E-state index < -0.39 is 0 Å². The molecule has 0 atom stereocenters. The van der Waals surface area contributed by atoms with E-state index in [1.54, 1.807) is 6.20 Å². The number of amides is 1. The van der Waals surface area contributed by atoms with Crippen molar-refractivity contribution < 1.29 is 4.79 Å². The van der Waals surface area contributed by atoms with E-state index in [9.17, 15) is 4.79 Å². The lowest BCUT2D eigenvalue weighted by molar-refractivity contribution is -0.119. The van der Waals surface area contributed by atoms with Gasteiger partial charge < -0.3 is 5.73 Å². The molecule has 0 aliphatic carbocycles. The topological polar surface area (TPSA) is 64.2 Å². The minimum Gasteiger partial charge on any atom is -0.370 e. The Morgan fingerprint density at radius 1 is 1.23 bits per heavy atom. The fourth-order valence-electron chi connectivity index (χ4n) is 3.07. The normalized spacial score (nSPS) is 16.7. The smallest absolute Gasteiger partial charge is 0.217 e. The van der Waals surface area contributed by atoms with Crippen molar-refractivity contribution in [1.82, 2.24) is 14.7 Å². The van der Waals surface area contributed by atoms with E-state index in [2.05, 4.69) is 34.3 Å². The van der Waals surface area contributed by atoms with Gasteiger partial charge in [-0.05, 0) is 55.6 Å². The molecule has 116 valence electrons. The number of hydrogen-bond acceptors (Lipinski definition) is 3. The van der Waals surface area contributed by atoms with Crippen LogP contribution in [0.2, 0.25) is 0 Å². The number of piperidine rings is 1. The summed E-state index contributed by atoms with van der Waals surface area (Å²) in [6.45, 7) is 3.04. The Hall–Kier alpha value is -2.14. The van der Waals surface area contributed by atoms with Crippen molar-refractivity contribution in [2.45, 2.75) is 25.8 Å². The summed E-state index contributed by atoms with van der Waals surface area (Å²) in [7, 11) is 0. The zero-order valence-electron chi connectivity index (χ0n) is 12.7. The van der Waals surface area contributed by atoms with E-state index in [1.165, 1.54) is 5.56 Å². The number of likely N-dealkylation sites (tertiary alicyclic amines) is 1. The van der Waals surface area contributed by atoms with Gasteiger partial charge in [0.15, 0.2) is 0 Å². The van der Waals surface area contributed by atoms with E-state index >= 15 is 0 Å². The molecule has 0 bridgehead atoms. The van der Waals surface area contributed by atoms with Gasteiger partial charge in [0.25, 0.3) is 0 Å². The van der Waals surface area contributed by atoms with Gasteiger partial charge in [-0.3, -0.25) is 9.69 Å². The van der Waals surface area contributed by atoms with Crippen molar-refractivity contribution in [3.63, 3.8) is 0 Å². The predicted octanol–water partition coefficient (Wildman–Crippen LogP) is 1.96. The van der Waals surface area contributed by atoms with Gasteiger partial charge in [-0.25, -0.2) is 4.68 Å². The third-order valence-electron chi connectivity index (χ3n) is 4.31. The van der Waals surface area contributed by atoms with Crippen molar-refractivity contribution >= 4 is 5.91 Å². The highest BCUT2D eigenvalue weighted by Gasteiger charge is 2.20. The SMILES string of the molecule is NC(=O)CC1CCN(Cc2ccc(-n3cccn3)cc2)CC1. The Morgan fingerprint density at radius 3 is 2.55 bits per heavy atom. The monoisotopic (exact) mass is 298 g/mol. The zero-order valence-corrected chi connectivity index (χ0v) is 12.7. The van der Waals surface area contributed by atoms with Crippen LogP contribution in [0.1, 0.15) is 24.8 Å². The van der Waals surface area contributed by atoms with Crippen LogP contribution in [-0.2, 0) is 11.3 Å². The molecule has 1 saturated heterocycles. The molecule has 0 saturated carbocycles. The first-order chi connectivity index (χ1) is 10.7. The standard InChI is InChI=1S/C17H22N4O/c18-17(22)12-14-6-10-20(11-7-14)13-15-2-4-16(5-3-15)21-9-1-8-19-21/h1-5,8-9,14H,6-7,10-13H2,(H2,18,22). The van der Waals surface area contributed by atoms with Crippen molar-refractivity contribution in [2.75, 3.05) is 13.1 Å². The van der Waals surface area contributed by atoms with Crippen LogP contribution in [0.3, 0.4) is 0 Å². The molecule has 2 heterocycles. The van der Waals surface area contributed by atoms with Gasteiger partial charge in [-0.2, -0.15) is 5.10 Å². The maximum atomic E-state index is 11.0. The van der Waals surface area contributed by atoms with Crippen LogP contribution in [0, 0.1) is 5.92 Å². The molecular formula is C17H22N4O. The lowest BCUT2D eigenvalue weighted by Gasteiger charge is -2.31. The largest absolute Gasteiger partial charge is 0.370 e. The Labute approximate surface area is 130 Å². The number of aromatic nitrogens is 2. The van der Waals surface area contributed by atoms with Crippen LogP contribution in [0.4, 0.5) is 0 Å². The van der Waals surface area contributed by atoms with Crippen molar-refractivity contribution in [1.29, 1.82) is 0 Å². The minimum absolute atomic E-state index is 0.173. The molecule has 1 aromatic heterocycles. The number of carbonyl (C=O) groups is 1. The van der Waals surface area contributed by atoms with E-state index in [4.69, 9.17) is 5.73 Å². The summed E-state index contributed by atoms with van der Waals surface area (Å²) in [5.74, 6) is 0.295. The maximum Gasteiger partial charge on any atom is 0.217 e. The molecule has 0 radical (unpaired) electrons. The second-order valence-corrected chi connectivity index (χ2v) is 6.01. The first-order valence-electron chi connectivity index (χ1n) is 7.80. The summed E-state index contributed by atoms with van der Waals surface area (Å²) in [5, 5.41) is 4.23. The third kappa shape index (κ3) is 3.74. The Morgan fingerprint density at radius 2 is 1.95 bits per heavy atom. The van der Waals surface area contributed by atoms with Crippen LogP contribution < -0.4 is 5.73 Å². The molecule has 2 aromatic rings. The molecule has 1 aliphatic rings. The molecule has 22 heavy (non-hydrogen) atoms. The summed E-state index contributed by atoms with van der Waals surface area (Å²) >= 11 is 0. The fraction of sp³-hybridized carbons (Fsp3) is 0.412. The highest BCUT2D eigenvalue weighted by molar-refractivity contribution is 5.73. The summed E-state index contributed by atoms with van der Waals surface area (Å²) in [4.78, 5) is 13.4. The summed E-state index contributed by atoms with van der Waals surface area (Å²) in [5.41, 5.74) is 7.66. The number of benzene rings is 1. The molecule has 1 fully saturated rings. The Kier molecular flexibility index (Phi) is 4.53. The molecule has 5 nitrogen and oxygen atoms in total. The molecule has 0 unspecified atom stereocenters. The molecule has 3 rings (SSSR count). The second-order valence-electron chi connectivity index (χ2n) is 6.01. The van der Waals surface area contributed by atoms with Gasteiger partial charge in [0, 0.05) is 25.4 Å². The summed E-state index contributed by atoms with van der Waals surface area (Å²) < 4.78 is 1.86. The Bertz CT molecular complexity index is 598. The van der Waals surface area contributed by atoms with Crippen molar-refractivity contribution in [2.24, 2.45) is 11.7 Å². The molecule has 0 spiro atoms. The Balaban J connectivity index is 1.53. The number of carbonyl (C=O) groups excluding carboxylic acids is 1. The molecule has 1 amide bonds. The van der Waals surface area contributed by atoms with E-state index in [1.807, 2.05) is 16.9 Å². The average Bonchev–Trinajstić information content (AvgIpc) is 3.04. The van der Waals surface area contributed by atoms with Crippen molar-refractivity contribution in [3.05, 3.63) is 48.3 Å². The number of rotatable bonds is 5. The van der Waals surface area contributed by atoms with Crippen LogP contribution in [0.5, 0.6) is 0 Å². The van der Waals surface area contributed by atoms with Crippen LogP contribution >= 0.6 is 0 Å². The van der Waals surface area contributed by atoms with Gasteiger partial charge in [-0.15, -0.1) is 0 Å². The zero-order chi connectivity index (χ0) is 15.4. The van der Waals surface area contributed by atoms with Gasteiger partial charge in [0.1, 0.15) is 0 Å². The highest BCUT2D eigenvalue weighted by atomic mass is 16.1. The quantitative estimate of drug-likeness (QED) is 0.917. The van der Waals surface area contributed by atoms with E-state index in [0.717, 1.165) is 38.2 Å². The van der Waals surface area contributed by atoms with E-state index in [0.29, 0.717) is 12.3 Å². The number of hydrogen-bond donors (Lipinski definition) is 1. The van der Waals surface area contributed by atoms with E-state index in [-0.39, 0.29) is 5.91 Å². The lowest BCUT2D eigenvalue weighted by Crippen LogP contribution is -2.34. The van der Waals surface area contributed by atoms with Crippen LogP contribution in [-0.4, -0.2) is 33.7 Å². The highest BCUT2D eigenvalue weighted by Crippen LogP contribution is 2.21. The average molecular weight is 298 g/mol. The lowest BCUT2D eigenvalue weighted by atomic mass is 9.93. The third-order valence-corrected chi connectivity index (χ3v) is 4.31. The first kappa shape index (κ1) is 14.8. The predicted molar refractivity (Wildman–Crippen MR) is 85.4 cm³/mol. The van der Waals surface area contributed by atoms with Crippen molar-refractivity contribution in [3.8, 4) is 5.69 Å². The molecule has 1 aliphatic heterocycles. The molecule has 2 N–H and O–H groups in total. The van der Waals surface area contributed by atoms with Crippen LogP contribution in [0.15, 0.2) is 42.7 Å². The fourth-order valence-corrected chi connectivity index (χ4v) is 3.07. The first-order valence-corrected chi connectivity index (χ1v) is 7.80. The van der Waals surface area contributed by atoms with Gasteiger partial charge >= 0.3 is 0 Å². The molecular weight excluding hydrogens is 276 g/mol. The number of nitrogens with zero attached hydrogens (tertiary/aromatic N) is 3. The summed E-state index contributed by atoms with van der Waals surface area (Å²) in [6.07, 6.45) is 6.39. The summed E-state index contributed by atoms with van der Waals surface area (Å²) in [6, 6.07) is 10.4. The maximum absolute atomic E-state index is 11.0.